The van der Waals surface area contributed by atoms with Crippen LogP contribution < -0.4 is 10.9 Å². The van der Waals surface area contributed by atoms with E-state index in [0.29, 0.717) is 17.4 Å². The van der Waals surface area contributed by atoms with Crippen LogP contribution in [0.4, 0.5) is 0 Å². The van der Waals surface area contributed by atoms with Gasteiger partial charge in [0.25, 0.3) is 11.5 Å². The number of aromatic amines is 1. The zero-order chi connectivity index (χ0) is 15.4. The Morgan fingerprint density at radius 3 is 2.91 bits per heavy atom. The summed E-state index contributed by atoms with van der Waals surface area (Å²) >= 11 is 0. The summed E-state index contributed by atoms with van der Waals surface area (Å²) in [6.45, 7) is 4.48. The maximum atomic E-state index is 12.1. The quantitative estimate of drug-likeness (QED) is 0.829. The van der Waals surface area contributed by atoms with Crippen LogP contribution in [0.25, 0.3) is 10.9 Å². The molecule has 0 radical (unpaired) electrons. The number of nitrogens with zero attached hydrogens (tertiary/aromatic N) is 2. The average molecular weight is 302 g/mol. The Labute approximate surface area is 127 Å². The number of carbonyl (C=O) groups excluding carboxylic acids is 1. The van der Waals surface area contributed by atoms with Crippen LogP contribution in [-0.2, 0) is 4.74 Å². The third-order valence-corrected chi connectivity index (χ3v) is 3.65. The van der Waals surface area contributed by atoms with Crippen LogP contribution in [0.2, 0.25) is 0 Å². The topological polar surface area (TPSA) is 87.3 Å². The molecule has 7 heteroatoms. The number of benzene rings is 1. The van der Waals surface area contributed by atoms with E-state index in [1.54, 1.807) is 24.3 Å². The number of hydrogen-bond acceptors (Lipinski definition) is 5. The van der Waals surface area contributed by atoms with E-state index in [0.717, 1.165) is 32.8 Å². The second-order valence-electron chi connectivity index (χ2n) is 5.14. The van der Waals surface area contributed by atoms with Gasteiger partial charge in [-0.3, -0.25) is 14.5 Å². The van der Waals surface area contributed by atoms with Crippen molar-refractivity contribution in [2.45, 2.75) is 0 Å². The van der Waals surface area contributed by atoms with Gasteiger partial charge in [0, 0.05) is 26.2 Å². The van der Waals surface area contributed by atoms with Crippen molar-refractivity contribution in [3.63, 3.8) is 0 Å². The Balaban J connectivity index is 1.63. The zero-order valence-electron chi connectivity index (χ0n) is 12.2. The molecule has 22 heavy (non-hydrogen) atoms. The van der Waals surface area contributed by atoms with Crippen molar-refractivity contribution in [2.24, 2.45) is 0 Å². The van der Waals surface area contributed by atoms with Crippen LogP contribution >= 0.6 is 0 Å². The summed E-state index contributed by atoms with van der Waals surface area (Å²) in [5.74, 6) is -0.318. The molecule has 0 saturated carbocycles. The molecule has 1 aliphatic rings. The normalized spacial score (nSPS) is 15.8. The molecule has 0 unspecified atom stereocenters. The number of ether oxygens (including phenoxy) is 1. The number of aromatic nitrogens is 2. The fourth-order valence-corrected chi connectivity index (χ4v) is 2.43. The molecule has 0 aliphatic carbocycles. The minimum atomic E-state index is -0.365. The van der Waals surface area contributed by atoms with Gasteiger partial charge in [0.05, 0.1) is 24.1 Å². The van der Waals surface area contributed by atoms with Crippen molar-refractivity contribution in [3.8, 4) is 0 Å². The first-order valence-electron chi connectivity index (χ1n) is 7.31. The molecule has 0 bridgehead atoms. The van der Waals surface area contributed by atoms with Crippen LogP contribution in [-0.4, -0.2) is 60.2 Å². The monoisotopic (exact) mass is 302 g/mol. The highest BCUT2D eigenvalue weighted by molar-refractivity contribution is 5.92. The lowest BCUT2D eigenvalue weighted by Gasteiger charge is -2.26. The van der Waals surface area contributed by atoms with Crippen LogP contribution in [0.3, 0.4) is 0 Å². The van der Waals surface area contributed by atoms with Gasteiger partial charge in [0.15, 0.2) is 5.82 Å². The van der Waals surface area contributed by atoms with E-state index in [1.807, 2.05) is 0 Å². The van der Waals surface area contributed by atoms with E-state index in [1.165, 1.54) is 0 Å². The van der Waals surface area contributed by atoms with E-state index < -0.39 is 0 Å². The Hall–Kier alpha value is -2.25. The van der Waals surface area contributed by atoms with Gasteiger partial charge in [0.1, 0.15) is 0 Å². The summed E-state index contributed by atoms with van der Waals surface area (Å²) in [6.07, 6.45) is 0. The molecule has 2 heterocycles. The smallest absolute Gasteiger partial charge is 0.287 e. The second-order valence-corrected chi connectivity index (χ2v) is 5.14. The maximum Gasteiger partial charge on any atom is 0.287 e. The van der Waals surface area contributed by atoms with Crippen molar-refractivity contribution >= 4 is 16.8 Å². The minimum absolute atomic E-state index is 0.0469. The predicted molar refractivity (Wildman–Crippen MR) is 82.0 cm³/mol. The number of carbonyl (C=O) groups is 1. The number of fused-ring (bicyclic) bond motifs is 1. The number of para-hydroxylation sites is 1. The van der Waals surface area contributed by atoms with Crippen molar-refractivity contribution in [3.05, 3.63) is 40.4 Å². The lowest BCUT2D eigenvalue weighted by atomic mass is 10.2. The van der Waals surface area contributed by atoms with Crippen LogP contribution in [0.15, 0.2) is 29.1 Å². The van der Waals surface area contributed by atoms with Gasteiger partial charge in [0.2, 0.25) is 0 Å². The molecule has 1 fully saturated rings. The lowest BCUT2D eigenvalue weighted by Crippen LogP contribution is -2.41. The largest absolute Gasteiger partial charge is 0.379 e. The number of H-pyrrole nitrogens is 1. The highest BCUT2D eigenvalue weighted by Crippen LogP contribution is 2.05. The Morgan fingerprint density at radius 1 is 1.32 bits per heavy atom. The predicted octanol–water partition coefficient (Wildman–Crippen LogP) is -0.0149. The first-order valence-corrected chi connectivity index (χ1v) is 7.31. The van der Waals surface area contributed by atoms with Gasteiger partial charge < -0.3 is 15.0 Å². The fourth-order valence-electron chi connectivity index (χ4n) is 2.43. The van der Waals surface area contributed by atoms with E-state index in [-0.39, 0.29) is 17.3 Å². The molecule has 1 aliphatic heterocycles. The van der Waals surface area contributed by atoms with Crippen molar-refractivity contribution in [1.82, 2.24) is 20.2 Å². The van der Waals surface area contributed by atoms with Crippen LogP contribution in [0.5, 0.6) is 0 Å². The first-order chi connectivity index (χ1) is 10.7. The number of hydrogen-bond donors (Lipinski definition) is 2. The Bertz CT molecular complexity index is 722. The van der Waals surface area contributed by atoms with Crippen molar-refractivity contribution < 1.29 is 9.53 Å². The van der Waals surface area contributed by atoms with E-state index in [2.05, 4.69) is 20.2 Å². The van der Waals surface area contributed by atoms with Gasteiger partial charge in [-0.15, -0.1) is 0 Å². The molecule has 7 nitrogen and oxygen atoms in total. The van der Waals surface area contributed by atoms with E-state index >= 15 is 0 Å². The summed E-state index contributed by atoms with van der Waals surface area (Å²) in [5.41, 5.74) is 0.216. The highest BCUT2D eigenvalue weighted by Gasteiger charge is 2.13. The van der Waals surface area contributed by atoms with E-state index in [4.69, 9.17) is 4.74 Å². The lowest BCUT2D eigenvalue weighted by molar-refractivity contribution is 0.0383. The summed E-state index contributed by atoms with van der Waals surface area (Å²) in [7, 11) is 0. The molecular weight excluding hydrogens is 284 g/mol. The fraction of sp³-hybridized carbons (Fsp3) is 0.400. The highest BCUT2D eigenvalue weighted by atomic mass is 16.5. The molecule has 2 N–H and O–H groups in total. The molecule has 1 amide bonds. The molecule has 2 aromatic rings. The molecule has 1 aromatic heterocycles. The molecular formula is C15H18N4O3. The number of morpholine rings is 1. The third-order valence-electron chi connectivity index (χ3n) is 3.65. The van der Waals surface area contributed by atoms with Gasteiger partial charge in [-0.05, 0) is 12.1 Å². The summed E-state index contributed by atoms with van der Waals surface area (Å²) < 4.78 is 5.27. The Morgan fingerprint density at radius 2 is 2.09 bits per heavy atom. The number of rotatable bonds is 4. The SMILES string of the molecule is O=C(NCCN1CCOCC1)c1nc2ccccc2c(=O)[nH]1. The molecule has 0 spiro atoms. The number of nitrogens with one attached hydrogen (secondary N) is 2. The van der Waals surface area contributed by atoms with Crippen LogP contribution in [0, 0.1) is 0 Å². The summed E-state index contributed by atoms with van der Waals surface area (Å²) in [6, 6.07) is 6.95. The first kappa shape index (κ1) is 14.7. The van der Waals surface area contributed by atoms with Gasteiger partial charge >= 0.3 is 0 Å². The van der Waals surface area contributed by atoms with Crippen molar-refractivity contribution in [2.75, 3.05) is 39.4 Å². The maximum absolute atomic E-state index is 12.1. The third kappa shape index (κ3) is 3.32. The summed E-state index contributed by atoms with van der Waals surface area (Å²) in [5, 5.41) is 3.26. The van der Waals surface area contributed by atoms with E-state index in [9.17, 15) is 9.59 Å². The van der Waals surface area contributed by atoms with Gasteiger partial charge in [-0.25, -0.2) is 4.98 Å². The standard InChI is InChI=1S/C15H18N4O3/c20-14-11-3-1-2-4-12(11)17-13(18-14)15(21)16-5-6-19-7-9-22-10-8-19/h1-4H,5-10H2,(H,16,21)(H,17,18,20). The minimum Gasteiger partial charge on any atom is -0.379 e. The molecule has 1 saturated heterocycles. The Kier molecular flexibility index (Phi) is 4.45. The molecule has 1 aromatic carbocycles. The second kappa shape index (κ2) is 6.67. The number of amides is 1. The zero-order valence-corrected chi connectivity index (χ0v) is 12.2. The summed E-state index contributed by atoms with van der Waals surface area (Å²) in [4.78, 5) is 33.0. The molecule has 116 valence electrons. The van der Waals surface area contributed by atoms with Crippen molar-refractivity contribution in [1.29, 1.82) is 0 Å². The molecule has 3 rings (SSSR count). The van der Waals surface area contributed by atoms with Gasteiger partial charge in [-0.1, -0.05) is 12.1 Å². The average Bonchev–Trinajstić information content (AvgIpc) is 2.56. The van der Waals surface area contributed by atoms with Gasteiger partial charge in [-0.2, -0.15) is 0 Å². The molecule has 0 atom stereocenters. The van der Waals surface area contributed by atoms with Crippen LogP contribution in [0.1, 0.15) is 10.6 Å².